The highest BCUT2D eigenvalue weighted by molar-refractivity contribution is 5.17. The molecule has 13 heavy (non-hydrogen) atoms. The largest absolute Gasteiger partial charge is 0.466 e. The molecule has 1 rings (SSSR count). The smallest absolute Gasteiger partial charge is 0.136 e. The summed E-state index contributed by atoms with van der Waals surface area (Å²) in [5.74, 6) is 0.626. The maximum atomic E-state index is 9.84. The lowest BCUT2D eigenvalue weighted by molar-refractivity contribution is 0.181. The van der Waals surface area contributed by atoms with Gasteiger partial charge in [-0.3, -0.25) is 0 Å². The molecule has 2 heteroatoms. The molecule has 1 heterocycles. The number of rotatable bonds is 4. The number of aliphatic hydroxyl groups is 1. The standard InChI is InChI=1S/C11H16O2/c1-3-6-9(4-2)11(12)10-7-5-8-13-10/h5-8,11-12H,3-4H2,1-2H3/b9-6+. The second-order valence-electron chi connectivity index (χ2n) is 2.96. The van der Waals surface area contributed by atoms with Crippen molar-refractivity contribution in [3.05, 3.63) is 35.8 Å². The van der Waals surface area contributed by atoms with Crippen LogP contribution in [0.3, 0.4) is 0 Å². The number of furan rings is 1. The summed E-state index contributed by atoms with van der Waals surface area (Å²) in [5.41, 5.74) is 1.03. The quantitative estimate of drug-likeness (QED) is 0.722. The summed E-state index contributed by atoms with van der Waals surface area (Å²) in [6.07, 6.45) is 4.86. The lowest BCUT2D eigenvalue weighted by Crippen LogP contribution is -1.99. The van der Waals surface area contributed by atoms with Gasteiger partial charge in [0.05, 0.1) is 6.26 Å². The van der Waals surface area contributed by atoms with Crippen molar-refractivity contribution in [2.45, 2.75) is 32.8 Å². The predicted molar refractivity (Wildman–Crippen MR) is 52.3 cm³/mol. The van der Waals surface area contributed by atoms with Gasteiger partial charge in [-0.25, -0.2) is 0 Å². The summed E-state index contributed by atoms with van der Waals surface area (Å²) in [4.78, 5) is 0. The van der Waals surface area contributed by atoms with Crippen LogP contribution in [0.25, 0.3) is 0 Å². The summed E-state index contributed by atoms with van der Waals surface area (Å²) < 4.78 is 5.13. The van der Waals surface area contributed by atoms with Crippen LogP contribution in [-0.2, 0) is 0 Å². The van der Waals surface area contributed by atoms with E-state index in [4.69, 9.17) is 4.42 Å². The zero-order valence-electron chi connectivity index (χ0n) is 8.16. The van der Waals surface area contributed by atoms with E-state index in [1.807, 2.05) is 13.0 Å². The molecule has 72 valence electrons. The van der Waals surface area contributed by atoms with Gasteiger partial charge < -0.3 is 9.52 Å². The van der Waals surface area contributed by atoms with Gasteiger partial charge in [0.15, 0.2) is 0 Å². The first-order chi connectivity index (χ1) is 6.29. The van der Waals surface area contributed by atoms with Crippen LogP contribution in [-0.4, -0.2) is 5.11 Å². The van der Waals surface area contributed by atoms with Crippen molar-refractivity contribution in [1.29, 1.82) is 0 Å². The molecule has 0 aliphatic heterocycles. The van der Waals surface area contributed by atoms with Crippen LogP contribution in [0.15, 0.2) is 34.5 Å². The first-order valence-electron chi connectivity index (χ1n) is 4.70. The van der Waals surface area contributed by atoms with Gasteiger partial charge in [-0.15, -0.1) is 0 Å². The minimum atomic E-state index is -0.569. The maximum absolute atomic E-state index is 9.84. The summed E-state index contributed by atoms with van der Waals surface area (Å²) in [7, 11) is 0. The molecular formula is C11H16O2. The molecule has 1 aromatic heterocycles. The molecular weight excluding hydrogens is 164 g/mol. The Balaban J connectivity index is 2.76. The summed E-state index contributed by atoms with van der Waals surface area (Å²) >= 11 is 0. The Morgan fingerprint density at radius 3 is 2.85 bits per heavy atom. The highest BCUT2D eigenvalue weighted by Gasteiger charge is 2.13. The van der Waals surface area contributed by atoms with E-state index in [2.05, 4.69) is 6.92 Å². The van der Waals surface area contributed by atoms with Crippen molar-refractivity contribution in [3.8, 4) is 0 Å². The van der Waals surface area contributed by atoms with Gasteiger partial charge in [-0.2, -0.15) is 0 Å². The zero-order valence-corrected chi connectivity index (χ0v) is 8.16. The Morgan fingerprint density at radius 1 is 1.62 bits per heavy atom. The van der Waals surface area contributed by atoms with Crippen molar-refractivity contribution >= 4 is 0 Å². The fourth-order valence-corrected chi connectivity index (χ4v) is 1.34. The second-order valence-corrected chi connectivity index (χ2v) is 2.96. The van der Waals surface area contributed by atoms with Gasteiger partial charge in [-0.1, -0.05) is 19.9 Å². The Morgan fingerprint density at radius 2 is 2.38 bits per heavy atom. The van der Waals surface area contributed by atoms with E-state index in [-0.39, 0.29) is 0 Å². The van der Waals surface area contributed by atoms with E-state index >= 15 is 0 Å². The number of allylic oxidation sites excluding steroid dienone is 1. The molecule has 0 aliphatic carbocycles. The lowest BCUT2D eigenvalue weighted by Gasteiger charge is -2.10. The van der Waals surface area contributed by atoms with Gasteiger partial charge >= 0.3 is 0 Å². The van der Waals surface area contributed by atoms with E-state index in [1.165, 1.54) is 0 Å². The Labute approximate surface area is 78.9 Å². The molecule has 0 radical (unpaired) electrons. The van der Waals surface area contributed by atoms with E-state index in [9.17, 15) is 5.11 Å². The van der Waals surface area contributed by atoms with Gasteiger partial charge in [0.1, 0.15) is 11.9 Å². The third kappa shape index (κ3) is 2.46. The van der Waals surface area contributed by atoms with Crippen LogP contribution in [0, 0.1) is 0 Å². The van der Waals surface area contributed by atoms with Gasteiger partial charge in [0.2, 0.25) is 0 Å². The minimum absolute atomic E-state index is 0.569. The molecule has 0 fully saturated rings. The van der Waals surface area contributed by atoms with Crippen LogP contribution < -0.4 is 0 Å². The summed E-state index contributed by atoms with van der Waals surface area (Å²) in [6, 6.07) is 3.58. The molecule has 0 bridgehead atoms. The summed E-state index contributed by atoms with van der Waals surface area (Å²) in [5, 5.41) is 9.84. The Bertz CT molecular complexity index is 260. The topological polar surface area (TPSA) is 33.4 Å². The molecule has 1 unspecified atom stereocenters. The molecule has 0 amide bonds. The van der Waals surface area contributed by atoms with Crippen LogP contribution in [0.1, 0.15) is 38.6 Å². The molecule has 0 spiro atoms. The SMILES string of the molecule is CC/C=C(\CC)C(O)c1ccco1. The van der Waals surface area contributed by atoms with Crippen molar-refractivity contribution < 1.29 is 9.52 Å². The first kappa shape index (κ1) is 10.1. The monoisotopic (exact) mass is 180 g/mol. The number of hydrogen-bond donors (Lipinski definition) is 1. The van der Waals surface area contributed by atoms with Crippen molar-refractivity contribution in [2.75, 3.05) is 0 Å². The molecule has 0 aromatic carbocycles. The normalized spacial score (nSPS) is 14.5. The molecule has 0 aliphatic rings. The fourth-order valence-electron chi connectivity index (χ4n) is 1.34. The molecule has 1 aromatic rings. The lowest BCUT2D eigenvalue weighted by atomic mass is 10.0. The van der Waals surface area contributed by atoms with Crippen LogP contribution in [0.4, 0.5) is 0 Å². The van der Waals surface area contributed by atoms with Crippen molar-refractivity contribution in [2.24, 2.45) is 0 Å². The molecule has 1 N–H and O–H groups in total. The minimum Gasteiger partial charge on any atom is -0.466 e. The van der Waals surface area contributed by atoms with E-state index < -0.39 is 6.10 Å². The van der Waals surface area contributed by atoms with Crippen molar-refractivity contribution in [3.63, 3.8) is 0 Å². The highest BCUT2D eigenvalue weighted by atomic mass is 16.4. The molecule has 1 atom stereocenters. The van der Waals surface area contributed by atoms with Crippen LogP contribution in [0.5, 0.6) is 0 Å². The van der Waals surface area contributed by atoms with Crippen molar-refractivity contribution in [1.82, 2.24) is 0 Å². The van der Waals surface area contributed by atoms with Gasteiger partial charge in [0.25, 0.3) is 0 Å². The Hall–Kier alpha value is -1.02. The maximum Gasteiger partial charge on any atom is 0.136 e. The predicted octanol–water partition coefficient (Wildman–Crippen LogP) is 3.06. The molecule has 0 saturated carbocycles. The third-order valence-electron chi connectivity index (χ3n) is 2.04. The first-order valence-corrected chi connectivity index (χ1v) is 4.70. The molecule has 2 nitrogen and oxygen atoms in total. The van der Waals surface area contributed by atoms with E-state index in [1.54, 1.807) is 18.4 Å². The Kier molecular flexibility index (Phi) is 3.77. The highest BCUT2D eigenvalue weighted by Crippen LogP contribution is 2.24. The second kappa shape index (κ2) is 4.87. The summed E-state index contributed by atoms with van der Waals surface area (Å²) in [6.45, 7) is 4.10. The van der Waals surface area contributed by atoms with Gasteiger partial charge in [0, 0.05) is 0 Å². The van der Waals surface area contributed by atoms with Crippen LogP contribution in [0.2, 0.25) is 0 Å². The molecule has 0 saturated heterocycles. The fraction of sp³-hybridized carbons (Fsp3) is 0.455. The zero-order chi connectivity index (χ0) is 9.68. The third-order valence-corrected chi connectivity index (χ3v) is 2.04. The van der Waals surface area contributed by atoms with E-state index in [0.717, 1.165) is 18.4 Å². The van der Waals surface area contributed by atoms with E-state index in [0.29, 0.717) is 5.76 Å². The van der Waals surface area contributed by atoms with Gasteiger partial charge in [-0.05, 0) is 30.5 Å². The average Bonchev–Trinajstić information content (AvgIpc) is 2.65. The number of aliphatic hydroxyl groups excluding tert-OH is 1. The van der Waals surface area contributed by atoms with Crippen LogP contribution >= 0.6 is 0 Å². The average molecular weight is 180 g/mol. The number of hydrogen-bond acceptors (Lipinski definition) is 2.